The highest BCUT2D eigenvalue weighted by molar-refractivity contribution is 5.87. The summed E-state index contributed by atoms with van der Waals surface area (Å²) in [5.74, 6) is 1.57. The molecule has 0 radical (unpaired) electrons. The number of aliphatic hydroxyl groups is 1. The molecule has 0 aliphatic heterocycles. The molecule has 0 saturated heterocycles. The number of carbonyl (C=O) groups is 1. The van der Waals surface area contributed by atoms with Crippen LogP contribution in [0.3, 0.4) is 0 Å². The van der Waals surface area contributed by atoms with Crippen molar-refractivity contribution in [3.8, 4) is 18.1 Å². The maximum Gasteiger partial charge on any atom is 0.335 e. The van der Waals surface area contributed by atoms with E-state index in [1.807, 2.05) is 0 Å². The minimum Gasteiger partial charge on any atom is -0.490 e. The number of carboxylic acid groups (broad SMARTS) is 1. The first-order valence-corrected chi connectivity index (χ1v) is 4.24. The summed E-state index contributed by atoms with van der Waals surface area (Å²) in [4.78, 5) is 10.5. The Balaban J connectivity index is 2.58. The fraction of sp³-hybridized carbons (Fsp3) is 0.182. The van der Waals surface area contributed by atoms with Crippen LogP contribution in [0.25, 0.3) is 0 Å². The lowest BCUT2D eigenvalue weighted by Crippen LogP contribution is -2.14. The minimum absolute atomic E-state index is 0.0110. The maximum atomic E-state index is 10.5. The molecular weight excluding hydrogens is 196 g/mol. The van der Waals surface area contributed by atoms with Gasteiger partial charge in [-0.05, 0) is 24.3 Å². The van der Waals surface area contributed by atoms with Crippen molar-refractivity contribution in [1.29, 1.82) is 0 Å². The van der Waals surface area contributed by atoms with Gasteiger partial charge in [-0.15, -0.1) is 6.42 Å². The smallest absolute Gasteiger partial charge is 0.335 e. The Labute approximate surface area is 87.1 Å². The molecule has 4 nitrogen and oxygen atoms in total. The zero-order chi connectivity index (χ0) is 11.3. The predicted molar refractivity (Wildman–Crippen MR) is 53.7 cm³/mol. The molecule has 2 N–H and O–H groups in total. The lowest BCUT2D eigenvalue weighted by molar-refractivity contribution is 0.0696. The van der Waals surface area contributed by atoms with Gasteiger partial charge in [0.2, 0.25) is 0 Å². The maximum absolute atomic E-state index is 10.5. The molecule has 0 aliphatic carbocycles. The first kappa shape index (κ1) is 11.1. The summed E-state index contributed by atoms with van der Waals surface area (Å²) >= 11 is 0. The molecule has 0 heterocycles. The molecule has 0 bridgehead atoms. The van der Waals surface area contributed by atoms with Crippen molar-refractivity contribution in [2.75, 3.05) is 6.61 Å². The summed E-state index contributed by atoms with van der Waals surface area (Å²) in [6.45, 7) is -0.0110. The third kappa shape index (κ3) is 3.33. The molecular formula is C11H10O4. The largest absolute Gasteiger partial charge is 0.490 e. The van der Waals surface area contributed by atoms with Gasteiger partial charge in [0.1, 0.15) is 18.5 Å². The van der Waals surface area contributed by atoms with E-state index in [-0.39, 0.29) is 12.2 Å². The van der Waals surface area contributed by atoms with Gasteiger partial charge >= 0.3 is 5.97 Å². The van der Waals surface area contributed by atoms with Gasteiger partial charge in [-0.3, -0.25) is 0 Å². The van der Waals surface area contributed by atoms with Crippen LogP contribution < -0.4 is 4.74 Å². The van der Waals surface area contributed by atoms with Crippen molar-refractivity contribution < 1.29 is 19.7 Å². The van der Waals surface area contributed by atoms with Gasteiger partial charge in [0, 0.05) is 0 Å². The molecule has 1 aromatic rings. The van der Waals surface area contributed by atoms with Crippen LogP contribution in [-0.4, -0.2) is 28.9 Å². The molecule has 0 aromatic heterocycles. The molecule has 1 atom stereocenters. The Kier molecular flexibility index (Phi) is 3.72. The lowest BCUT2D eigenvalue weighted by Gasteiger charge is -2.07. The van der Waals surface area contributed by atoms with E-state index in [0.29, 0.717) is 5.75 Å². The first-order chi connectivity index (χ1) is 7.13. The lowest BCUT2D eigenvalue weighted by atomic mass is 10.2. The monoisotopic (exact) mass is 206 g/mol. The summed E-state index contributed by atoms with van der Waals surface area (Å²) in [6, 6.07) is 5.85. The average molecular weight is 206 g/mol. The number of ether oxygens (including phenoxy) is 1. The molecule has 1 unspecified atom stereocenters. The van der Waals surface area contributed by atoms with Crippen molar-refractivity contribution in [3.05, 3.63) is 29.8 Å². The zero-order valence-corrected chi connectivity index (χ0v) is 7.88. The van der Waals surface area contributed by atoms with Crippen molar-refractivity contribution in [2.24, 2.45) is 0 Å². The number of aliphatic hydroxyl groups excluding tert-OH is 1. The van der Waals surface area contributed by atoms with Crippen molar-refractivity contribution >= 4 is 5.97 Å². The highest BCUT2D eigenvalue weighted by Gasteiger charge is 2.03. The number of hydrogen-bond donors (Lipinski definition) is 2. The summed E-state index contributed by atoms with van der Waals surface area (Å²) < 4.78 is 5.11. The molecule has 0 fully saturated rings. The molecule has 78 valence electrons. The van der Waals surface area contributed by atoms with E-state index in [1.165, 1.54) is 24.3 Å². The number of carboxylic acids is 1. The second-order valence-corrected chi connectivity index (χ2v) is 2.82. The van der Waals surface area contributed by atoms with E-state index in [9.17, 15) is 4.79 Å². The van der Waals surface area contributed by atoms with Gasteiger partial charge in [0.15, 0.2) is 0 Å². The van der Waals surface area contributed by atoms with E-state index < -0.39 is 12.1 Å². The Morgan fingerprint density at radius 3 is 2.53 bits per heavy atom. The van der Waals surface area contributed by atoms with Gasteiger partial charge in [-0.2, -0.15) is 0 Å². The third-order valence-electron chi connectivity index (χ3n) is 1.70. The quantitative estimate of drug-likeness (QED) is 0.713. The molecule has 0 saturated carbocycles. The number of rotatable bonds is 4. The van der Waals surface area contributed by atoms with Crippen LogP contribution in [-0.2, 0) is 0 Å². The SMILES string of the molecule is C#CC(O)COc1ccc(C(=O)O)cc1. The van der Waals surface area contributed by atoms with Crippen LogP contribution in [0.5, 0.6) is 5.75 Å². The van der Waals surface area contributed by atoms with Crippen LogP contribution >= 0.6 is 0 Å². The van der Waals surface area contributed by atoms with Gasteiger partial charge in [0.05, 0.1) is 5.56 Å². The Bertz CT molecular complexity index is 375. The Hall–Kier alpha value is -1.99. The van der Waals surface area contributed by atoms with Gasteiger partial charge in [0.25, 0.3) is 0 Å². The third-order valence-corrected chi connectivity index (χ3v) is 1.70. The number of benzene rings is 1. The first-order valence-electron chi connectivity index (χ1n) is 4.24. The zero-order valence-electron chi connectivity index (χ0n) is 7.88. The molecule has 0 spiro atoms. The number of terminal acetylenes is 1. The van der Waals surface area contributed by atoms with E-state index in [0.717, 1.165) is 0 Å². The fourth-order valence-corrected chi connectivity index (χ4v) is 0.917. The average Bonchev–Trinajstić information content (AvgIpc) is 2.26. The van der Waals surface area contributed by atoms with Crippen molar-refractivity contribution in [2.45, 2.75) is 6.10 Å². The minimum atomic E-state index is -0.995. The highest BCUT2D eigenvalue weighted by Crippen LogP contribution is 2.12. The molecule has 15 heavy (non-hydrogen) atoms. The van der Waals surface area contributed by atoms with Crippen molar-refractivity contribution in [3.63, 3.8) is 0 Å². The summed E-state index contributed by atoms with van der Waals surface area (Å²) in [6.07, 6.45) is 3.99. The van der Waals surface area contributed by atoms with Crippen LogP contribution in [0.2, 0.25) is 0 Å². The second kappa shape index (κ2) is 5.03. The molecule has 0 aliphatic rings. The van der Waals surface area contributed by atoms with E-state index in [2.05, 4.69) is 5.92 Å². The predicted octanol–water partition coefficient (Wildman–Crippen LogP) is 0.758. The van der Waals surface area contributed by atoms with Gasteiger partial charge in [-0.1, -0.05) is 5.92 Å². The van der Waals surface area contributed by atoms with Crippen LogP contribution in [0.4, 0.5) is 0 Å². The van der Waals surface area contributed by atoms with Gasteiger partial charge < -0.3 is 14.9 Å². The fourth-order valence-electron chi connectivity index (χ4n) is 0.917. The molecule has 1 rings (SSSR count). The molecule has 0 amide bonds. The number of aromatic carboxylic acids is 1. The second-order valence-electron chi connectivity index (χ2n) is 2.82. The van der Waals surface area contributed by atoms with Crippen LogP contribution in [0, 0.1) is 12.3 Å². The summed E-state index contributed by atoms with van der Waals surface area (Å²) in [7, 11) is 0. The number of hydrogen-bond acceptors (Lipinski definition) is 3. The Morgan fingerprint density at radius 1 is 1.47 bits per heavy atom. The van der Waals surface area contributed by atoms with E-state index in [4.69, 9.17) is 21.4 Å². The van der Waals surface area contributed by atoms with E-state index >= 15 is 0 Å². The topological polar surface area (TPSA) is 66.8 Å². The Morgan fingerprint density at radius 2 is 2.07 bits per heavy atom. The molecule has 4 heteroatoms. The van der Waals surface area contributed by atoms with E-state index in [1.54, 1.807) is 0 Å². The summed E-state index contributed by atoms with van der Waals surface area (Å²) in [5.41, 5.74) is 0.180. The highest BCUT2D eigenvalue weighted by atomic mass is 16.5. The van der Waals surface area contributed by atoms with Crippen molar-refractivity contribution in [1.82, 2.24) is 0 Å². The summed E-state index contributed by atoms with van der Waals surface area (Å²) in [5, 5.41) is 17.6. The normalized spacial score (nSPS) is 11.5. The molecule has 1 aromatic carbocycles. The van der Waals surface area contributed by atoms with Crippen LogP contribution in [0.15, 0.2) is 24.3 Å². The standard InChI is InChI=1S/C11H10O4/c1-2-9(12)7-15-10-5-3-8(4-6-10)11(13)14/h1,3-6,9,12H,7H2,(H,13,14). The van der Waals surface area contributed by atoms with Crippen LogP contribution in [0.1, 0.15) is 10.4 Å². The van der Waals surface area contributed by atoms with Gasteiger partial charge in [-0.25, -0.2) is 4.79 Å².